The fraction of sp³-hybridized carbons (Fsp3) is 0.875. The molecule has 21 heavy (non-hydrogen) atoms. The van der Waals surface area contributed by atoms with E-state index in [9.17, 15) is 14.7 Å². The van der Waals surface area contributed by atoms with Crippen molar-refractivity contribution in [3.8, 4) is 0 Å². The normalized spacial score (nSPS) is 17.5. The molecule has 0 saturated heterocycles. The van der Waals surface area contributed by atoms with Crippen LogP contribution in [0.25, 0.3) is 0 Å². The molecule has 0 spiro atoms. The van der Waals surface area contributed by atoms with E-state index < -0.39 is 5.97 Å². The van der Waals surface area contributed by atoms with Crippen LogP contribution in [0.2, 0.25) is 0 Å². The van der Waals surface area contributed by atoms with E-state index in [2.05, 4.69) is 0 Å². The maximum absolute atomic E-state index is 12.3. The molecule has 1 rings (SSSR count). The Morgan fingerprint density at radius 3 is 2.33 bits per heavy atom. The molecule has 0 aliphatic heterocycles. The van der Waals surface area contributed by atoms with Gasteiger partial charge >= 0.3 is 12.1 Å². The lowest BCUT2D eigenvalue weighted by molar-refractivity contribution is -0.139. The molecule has 0 aromatic heterocycles. The number of carboxylic acid groups (broad SMARTS) is 1. The average molecular weight is 299 g/mol. The molecule has 122 valence electrons. The van der Waals surface area contributed by atoms with Gasteiger partial charge in [0.15, 0.2) is 0 Å². The number of amides is 1. The van der Waals surface area contributed by atoms with Crippen molar-refractivity contribution in [1.82, 2.24) is 4.90 Å². The van der Waals surface area contributed by atoms with E-state index in [1.54, 1.807) is 11.8 Å². The van der Waals surface area contributed by atoms with Gasteiger partial charge in [0.25, 0.3) is 0 Å². The minimum atomic E-state index is -0.844. The maximum Gasteiger partial charge on any atom is 0.410 e. The molecule has 0 radical (unpaired) electrons. The quantitative estimate of drug-likeness (QED) is 0.781. The van der Waals surface area contributed by atoms with E-state index in [-0.39, 0.29) is 30.4 Å². The summed E-state index contributed by atoms with van der Waals surface area (Å²) in [5.74, 6) is -0.282. The highest BCUT2D eigenvalue weighted by Gasteiger charge is 2.34. The summed E-state index contributed by atoms with van der Waals surface area (Å²) in [4.78, 5) is 25.2. The van der Waals surface area contributed by atoms with Gasteiger partial charge in [-0.25, -0.2) is 4.79 Å². The molecule has 1 atom stereocenters. The number of hydrogen-bond donors (Lipinski definition) is 1. The van der Waals surface area contributed by atoms with Gasteiger partial charge in [-0.15, -0.1) is 0 Å². The number of carbonyl (C=O) groups excluding carboxylic acids is 1. The topological polar surface area (TPSA) is 66.8 Å². The van der Waals surface area contributed by atoms with Crippen molar-refractivity contribution in [2.24, 2.45) is 11.8 Å². The van der Waals surface area contributed by atoms with Gasteiger partial charge in [-0.2, -0.15) is 0 Å². The minimum Gasteiger partial charge on any atom is -0.481 e. The lowest BCUT2D eigenvalue weighted by Crippen LogP contribution is -2.48. The first-order valence-electron chi connectivity index (χ1n) is 8.10. The Balaban J connectivity index is 2.90. The third-order valence-electron chi connectivity index (χ3n) is 4.04. The summed E-state index contributed by atoms with van der Waals surface area (Å²) in [5.41, 5.74) is 0. The summed E-state index contributed by atoms with van der Waals surface area (Å²) in [6, 6.07) is -0.246. The van der Waals surface area contributed by atoms with Crippen LogP contribution in [0.1, 0.15) is 59.3 Å². The fourth-order valence-corrected chi connectivity index (χ4v) is 3.17. The Hall–Kier alpha value is -1.26. The first kappa shape index (κ1) is 17.8. The number of carboxylic acids is 1. The molecule has 1 saturated carbocycles. The maximum atomic E-state index is 12.3. The minimum absolute atomic E-state index is 0.0101. The number of ether oxygens (including phenoxy) is 1. The number of carbonyl (C=O) groups is 2. The molecule has 1 fully saturated rings. The van der Waals surface area contributed by atoms with Gasteiger partial charge in [0.2, 0.25) is 0 Å². The zero-order valence-electron chi connectivity index (χ0n) is 13.5. The Labute approximate surface area is 127 Å². The summed E-state index contributed by atoms with van der Waals surface area (Å²) >= 11 is 0. The number of aliphatic carboxylic acids is 1. The van der Waals surface area contributed by atoms with Gasteiger partial charge in [0, 0.05) is 12.6 Å². The van der Waals surface area contributed by atoms with Crippen molar-refractivity contribution in [1.29, 1.82) is 0 Å². The average Bonchev–Trinajstić information content (AvgIpc) is 2.43. The summed E-state index contributed by atoms with van der Waals surface area (Å²) in [5, 5.41) is 9.23. The van der Waals surface area contributed by atoms with Crippen molar-refractivity contribution in [2.45, 2.75) is 65.3 Å². The predicted molar refractivity (Wildman–Crippen MR) is 81.2 cm³/mol. The Bertz CT molecular complexity index is 337. The molecule has 5 nitrogen and oxygen atoms in total. The summed E-state index contributed by atoms with van der Waals surface area (Å²) < 4.78 is 5.15. The molecule has 1 amide bonds. The number of hydrogen-bond acceptors (Lipinski definition) is 3. The van der Waals surface area contributed by atoms with Crippen LogP contribution in [-0.2, 0) is 9.53 Å². The monoisotopic (exact) mass is 299 g/mol. The molecule has 5 heteroatoms. The van der Waals surface area contributed by atoms with E-state index in [1.807, 2.05) is 13.8 Å². The molecular weight excluding hydrogens is 270 g/mol. The zero-order chi connectivity index (χ0) is 15.8. The molecule has 0 aromatic carbocycles. The standard InChI is InChI=1S/C16H29NO4/c1-4-21-16(20)17(11-12(2)3)14(10-15(18)19)13-8-6-5-7-9-13/h12-14H,4-11H2,1-3H3,(H,18,19). The van der Waals surface area contributed by atoms with Crippen LogP contribution in [0.15, 0.2) is 0 Å². The molecule has 0 bridgehead atoms. The second-order valence-corrected chi connectivity index (χ2v) is 6.31. The Kier molecular flexibility index (Phi) is 7.54. The Morgan fingerprint density at radius 1 is 1.24 bits per heavy atom. The number of rotatable bonds is 7. The lowest BCUT2D eigenvalue weighted by Gasteiger charge is -2.38. The molecule has 0 aromatic rings. The second-order valence-electron chi connectivity index (χ2n) is 6.31. The second kappa shape index (κ2) is 8.90. The SMILES string of the molecule is CCOC(=O)N(CC(C)C)C(CC(=O)O)C1CCCCC1. The third-order valence-corrected chi connectivity index (χ3v) is 4.04. The van der Waals surface area contributed by atoms with Crippen LogP contribution in [-0.4, -0.2) is 41.3 Å². The summed E-state index contributed by atoms with van der Waals surface area (Å²) in [7, 11) is 0. The fourth-order valence-electron chi connectivity index (χ4n) is 3.17. The van der Waals surface area contributed by atoms with Gasteiger partial charge in [0.05, 0.1) is 13.0 Å². The van der Waals surface area contributed by atoms with E-state index in [1.165, 1.54) is 6.42 Å². The van der Waals surface area contributed by atoms with Gasteiger partial charge < -0.3 is 14.7 Å². The lowest BCUT2D eigenvalue weighted by atomic mass is 9.82. The Morgan fingerprint density at radius 2 is 1.86 bits per heavy atom. The first-order valence-corrected chi connectivity index (χ1v) is 8.10. The van der Waals surface area contributed by atoms with E-state index in [0.29, 0.717) is 13.2 Å². The van der Waals surface area contributed by atoms with Crippen LogP contribution in [0.3, 0.4) is 0 Å². The highest BCUT2D eigenvalue weighted by atomic mass is 16.6. The van der Waals surface area contributed by atoms with Crippen LogP contribution in [0.4, 0.5) is 4.79 Å². The van der Waals surface area contributed by atoms with E-state index in [0.717, 1.165) is 25.7 Å². The van der Waals surface area contributed by atoms with E-state index in [4.69, 9.17) is 4.74 Å². The molecular formula is C16H29NO4. The molecule has 1 aliphatic carbocycles. The molecule has 1 N–H and O–H groups in total. The highest BCUT2D eigenvalue weighted by molar-refractivity contribution is 5.71. The molecule has 1 unspecified atom stereocenters. The van der Waals surface area contributed by atoms with Gasteiger partial charge in [-0.3, -0.25) is 4.79 Å². The summed E-state index contributed by atoms with van der Waals surface area (Å²) in [6.07, 6.45) is 5.11. The van der Waals surface area contributed by atoms with Gasteiger partial charge in [-0.05, 0) is 31.6 Å². The van der Waals surface area contributed by atoms with Crippen LogP contribution in [0, 0.1) is 11.8 Å². The van der Waals surface area contributed by atoms with Crippen molar-refractivity contribution in [2.75, 3.05) is 13.2 Å². The van der Waals surface area contributed by atoms with Crippen molar-refractivity contribution < 1.29 is 19.4 Å². The number of nitrogens with zero attached hydrogens (tertiary/aromatic N) is 1. The van der Waals surface area contributed by atoms with Crippen molar-refractivity contribution in [3.05, 3.63) is 0 Å². The third kappa shape index (κ3) is 5.94. The predicted octanol–water partition coefficient (Wildman–Crippen LogP) is 3.52. The van der Waals surface area contributed by atoms with Gasteiger partial charge in [0.1, 0.15) is 0 Å². The molecule has 0 heterocycles. The van der Waals surface area contributed by atoms with Crippen LogP contribution < -0.4 is 0 Å². The van der Waals surface area contributed by atoms with Crippen LogP contribution >= 0.6 is 0 Å². The van der Waals surface area contributed by atoms with Gasteiger partial charge in [-0.1, -0.05) is 33.1 Å². The van der Waals surface area contributed by atoms with E-state index >= 15 is 0 Å². The molecule has 1 aliphatic rings. The van der Waals surface area contributed by atoms with Crippen molar-refractivity contribution >= 4 is 12.1 Å². The van der Waals surface area contributed by atoms with Crippen molar-refractivity contribution in [3.63, 3.8) is 0 Å². The van der Waals surface area contributed by atoms with Crippen LogP contribution in [0.5, 0.6) is 0 Å². The largest absolute Gasteiger partial charge is 0.481 e. The zero-order valence-corrected chi connectivity index (χ0v) is 13.5. The highest BCUT2D eigenvalue weighted by Crippen LogP contribution is 2.31. The summed E-state index contributed by atoms with van der Waals surface area (Å²) in [6.45, 7) is 6.71. The first-order chi connectivity index (χ1) is 9.95. The smallest absolute Gasteiger partial charge is 0.410 e.